The lowest BCUT2D eigenvalue weighted by Gasteiger charge is -2.22. The molecule has 0 saturated heterocycles. The lowest BCUT2D eigenvalue weighted by molar-refractivity contribution is -0.124. The van der Waals surface area contributed by atoms with E-state index in [0.29, 0.717) is 0 Å². The number of carbonyl (C=O) groups is 2. The zero-order valence-corrected chi connectivity index (χ0v) is 12.6. The molecule has 0 spiro atoms. The Morgan fingerprint density at radius 3 is 2.20 bits per heavy atom. The highest BCUT2D eigenvalue weighted by atomic mass is 16.2. The number of amides is 2. The van der Waals surface area contributed by atoms with Gasteiger partial charge in [0.25, 0.3) is 0 Å². The average Bonchev–Trinajstić information content (AvgIpc) is 2.42. The number of nitrogens with one attached hydrogen (secondary N) is 1. The maximum atomic E-state index is 11.9. The highest BCUT2D eigenvalue weighted by Crippen LogP contribution is 2.24. The summed E-state index contributed by atoms with van der Waals surface area (Å²) >= 11 is 0. The lowest BCUT2D eigenvalue weighted by Crippen LogP contribution is -2.40. The van der Waals surface area contributed by atoms with Gasteiger partial charge in [-0.1, -0.05) is 32.9 Å². The standard InChI is InChI=1S/C15H23N3O2/c1-15(2,3)11-5-7-12(8-6-11)18(4)14(20)10-17-13(19)9-16/h5-8H,9-10,16H2,1-4H3,(H,17,19). The second-order valence-electron chi connectivity index (χ2n) is 5.73. The summed E-state index contributed by atoms with van der Waals surface area (Å²) in [5.74, 6) is -0.523. The molecule has 0 bridgehead atoms. The Hall–Kier alpha value is -1.88. The summed E-state index contributed by atoms with van der Waals surface area (Å²) in [5.41, 5.74) is 7.25. The van der Waals surface area contributed by atoms with Gasteiger partial charge in [0.2, 0.25) is 11.8 Å². The van der Waals surface area contributed by atoms with E-state index in [9.17, 15) is 9.59 Å². The Kier molecular flexibility index (Phi) is 5.27. The third kappa shape index (κ3) is 4.35. The van der Waals surface area contributed by atoms with Crippen molar-refractivity contribution in [3.05, 3.63) is 29.8 Å². The molecule has 0 fully saturated rings. The summed E-state index contributed by atoms with van der Waals surface area (Å²) in [6.45, 7) is 6.25. The first-order valence-corrected chi connectivity index (χ1v) is 6.59. The summed E-state index contributed by atoms with van der Waals surface area (Å²) in [6.07, 6.45) is 0. The van der Waals surface area contributed by atoms with Crippen LogP contribution in [0, 0.1) is 0 Å². The SMILES string of the molecule is CN(C(=O)CNC(=O)CN)c1ccc(C(C)(C)C)cc1. The summed E-state index contributed by atoms with van der Waals surface area (Å²) in [5, 5.41) is 2.46. The van der Waals surface area contributed by atoms with Crippen molar-refractivity contribution in [1.82, 2.24) is 5.32 Å². The van der Waals surface area contributed by atoms with Gasteiger partial charge >= 0.3 is 0 Å². The van der Waals surface area contributed by atoms with E-state index in [-0.39, 0.29) is 30.3 Å². The molecule has 0 unspecified atom stereocenters. The largest absolute Gasteiger partial charge is 0.346 e. The maximum absolute atomic E-state index is 11.9. The highest BCUT2D eigenvalue weighted by molar-refractivity contribution is 5.96. The third-order valence-corrected chi connectivity index (χ3v) is 3.12. The topological polar surface area (TPSA) is 75.4 Å². The number of hydrogen-bond acceptors (Lipinski definition) is 3. The molecule has 5 nitrogen and oxygen atoms in total. The second kappa shape index (κ2) is 6.52. The van der Waals surface area contributed by atoms with Crippen molar-refractivity contribution in [2.75, 3.05) is 25.0 Å². The van der Waals surface area contributed by atoms with Crippen LogP contribution in [0.25, 0.3) is 0 Å². The van der Waals surface area contributed by atoms with Crippen LogP contribution >= 0.6 is 0 Å². The molecule has 0 atom stereocenters. The van der Waals surface area contributed by atoms with Gasteiger partial charge in [-0.3, -0.25) is 9.59 Å². The fourth-order valence-electron chi connectivity index (χ4n) is 1.69. The van der Waals surface area contributed by atoms with E-state index in [1.165, 1.54) is 10.5 Å². The molecule has 110 valence electrons. The summed E-state index contributed by atoms with van der Waals surface area (Å²) in [6, 6.07) is 7.83. The molecule has 2 amide bonds. The molecule has 1 aromatic rings. The molecule has 0 heterocycles. The zero-order valence-electron chi connectivity index (χ0n) is 12.6. The van der Waals surface area contributed by atoms with Crippen LogP contribution in [-0.2, 0) is 15.0 Å². The van der Waals surface area contributed by atoms with Crippen LogP contribution in [-0.4, -0.2) is 32.0 Å². The maximum Gasteiger partial charge on any atom is 0.246 e. The molecule has 0 aliphatic heterocycles. The Balaban J connectivity index is 2.70. The fourth-order valence-corrected chi connectivity index (χ4v) is 1.69. The molecule has 20 heavy (non-hydrogen) atoms. The van der Waals surface area contributed by atoms with Gasteiger partial charge in [0, 0.05) is 12.7 Å². The van der Waals surface area contributed by atoms with Crippen LogP contribution in [0.2, 0.25) is 0 Å². The van der Waals surface area contributed by atoms with E-state index < -0.39 is 0 Å². The summed E-state index contributed by atoms with van der Waals surface area (Å²) in [4.78, 5) is 24.5. The predicted octanol–water partition coefficient (Wildman–Crippen LogP) is 1.02. The molecular weight excluding hydrogens is 254 g/mol. The Morgan fingerprint density at radius 2 is 1.75 bits per heavy atom. The average molecular weight is 277 g/mol. The smallest absolute Gasteiger partial charge is 0.246 e. The number of likely N-dealkylation sites (N-methyl/N-ethyl adjacent to an activating group) is 1. The minimum absolute atomic E-state index is 0.0481. The minimum Gasteiger partial charge on any atom is -0.346 e. The molecule has 1 rings (SSSR count). The molecule has 0 aliphatic carbocycles. The normalized spacial score (nSPS) is 11.1. The van der Waals surface area contributed by atoms with Crippen molar-refractivity contribution >= 4 is 17.5 Å². The van der Waals surface area contributed by atoms with Crippen molar-refractivity contribution in [3.63, 3.8) is 0 Å². The minimum atomic E-state index is -0.338. The summed E-state index contributed by atoms with van der Waals surface area (Å²) < 4.78 is 0. The predicted molar refractivity (Wildman–Crippen MR) is 80.6 cm³/mol. The number of hydrogen-bond donors (Lipinski definition) is 2. The molecule has 0 aromatic heterocycles. The van der Waals surface area contributed by atoms with E-state index in [4.69, 9.17) is 5.73 Å². The van der Waals surface area contributed by atoms with Gasteiger partial charge in [0.05, 0.1) is 13.1 Å². The zero-order chi connectivity index (χ0) is 15.3. The molecule has 5 heteroatoms. The lowest BCUT2D eigenvalue weighted by atomic mass is 9.87. The Morgan fingerprint density at radius 1 is 1.20 bits per heavy atom. The van der Waals surface area contributed by atoms with Crippen LogP contribution in [0.4, 0.5) is 5.69 Å². The molecule has 0 aliphatic rings. The third-order valence-electron chi connectivity index (χ3n) is 3.12. The van der Waals surface area contributed by atoms with Gasteiger partial charge in [-0.05, 0) is 23.1 Å². The van der Waals surface area contributed by atoms with Crippen LogP contribution in [0.3, 0.4) is 0 Å². The highest BCUT2D eigenvalue weighted by Gasteiger charge is 2.15. The van der Waals surface area contributed by atoms with Crippen molar-refractivity contribution in [3.8, 4) is 0 Å². The molecule has 0 radical (unpaired) electrons. The first-order valence-electron chi connectivity index (χ1n) is 6.59. The number of anilines is 1. The van der Waals surface area contributed by atoms with Gasteiger partial charge in [0.1, 0.15) is 0 Å². The van der Waals surface area contributed by atoms with Gasteiger partial charge in [-0.2, -0.15) is 0 Å². The summed E-state index contributed by atoms with van der Waals surface area (Å²) in [7, 11) is 1.68. The van der Waals surface area contributed by atoms with Gasteiger partial charge in [0.15, 0.2) is 0 Å². The van der Waals surface area contributed by atoms with E-state index in [1.54, 1.807) is 7.05 Å². The molecule has 1 aromatic carbocycles. The Labute approximate surface area is 120 Å². The van der Waals surface area contributed by atoms with Crippen molar-refractivity contribution in [2.45, 2.75) is 26.2 Å². The van der Waals surface area contributed by atoms with Crippen LogP contribution in [0.15, 0.2) is 24.3 Å². The van der Waals surface area contributed by atoms with Crippen molar-refractivity contribution in [1.29, 1.82) is 0 Å². The first kappa shape index (κ1) is 16.2. The second-order valence-corrected chi connectivity index (χ2v) is 5.73. The van der Waals surface area contributed by atoms with Crippen LogP contribution in [0.5, 0.6) is 0 Å². The van der Waals surface area contributed by atoms with Crippen LogP contribution < -0.4 is 16.0 Å². The van der Waals surface area contributed by atoms with Gasteiger partial charge in [-0.15, -0.1) is 0 Å². The van der Waals surface area contributed by atoms with E-state index >= 15 is 0 Å². The molecular formula is C15H23N3O2. The number of rotatable bonds is 4. The molecule has 0 saturated carbocycles. The molecule has 3 N–H and O–H groups in total. The number of nitrogens with two attached hydrogens (primary N) is 1. The van der Waals surface area contributed by atoms with E-state index in [1.807, 2.05) is 24.3 Å². The first-order chi connectivity index (χ1) is 9.25. The van der Waals surface area contributed by atoms with E-state index in [2.05, 4.69) is 26.1 Å². The quantitative estimate of drug-likeness (QED) is 0.863. The monoisotopic (exact) mass is 277 g/mol. The van der Waals surface area contributed by atoms with E-state index in [0.717, 1.165) is 5.69 Å². The van der Waals surface area contributed by atoms with Gasteiger partial charge in [-0.25, -0.2) is 0 Å². The van der Waals surface area contributed by atoms with Crippen molar-refractivity contribution < 1.29 is 9.59 Å². The fraction of sp³-hybridized carbons (Fsp3) is 0.467. The van der Waals surface area contributed by atoms with Crippen molar-refractivity contribution in [2.24, 2.45) is 5.73 Å². The number of benzene rings is 1. The Bertz CT molecular complexity index is 475. The van der Waals surface area contributed by atoms with Crippen LogP contribution in [0.1, 0.15) is 26.3 Å². The van der Waals surface area contributed by atoms with Gasteiger partial charge < -0.3 is 16.0 Å². The number of carbonyl (C=O) groups excluding carboxylic acids is 2. The number of nitrogens with zero attached hydrogens (tertiary/aromatic N) is 1.